The number of amides is 3. The Morgan fingerprint density at radius 3 is 2.40 bits per heavy atom. The van der Waals surface area contributed by atoms with Crippen LogP contribution in [-0.2, 0) is 11.3 Å². The number of rotatable bonds is 3. The third-order valence-corrected chi connectivity index (χ3v) is 5.23. The second kappa shape index (κ2) is 5.72. The van der Waals surface area contributed by atoms with Crippen LogP contribution in [0.15, 0.2) is 30.3 Å². The lowest BCUT2D eigenvalue weighted by molar-refractivity contribution is -0.131. The first-order chi connectivity index (χ1) is 12.0. The molecule has 6 heteroatoms. The second-order valence-corrected chi connectivity index (χ2v) is 7.12. The van der Waals surface area contributed by atoms with E-state index in [9.17, 15) is 9.59 Å². The van der Waals surface area contributed by atoms with Crippen LogP contribution < -0.4 is 5.32 Å². The summed E-state index contributed by atoms with van der Waals surface area (Å²) in [6, 6.07) is 9.60. The Morgan fingerprint density at radius 1 is 1.12 bits per heavy atom. The zero-order chi connectivity index (χ0) is 17.6. The highest BCUT2D eigenvalue weighted by Crippen LogP contribution is 2.35. The molecule has 25 heavy (non-hydrogen) atoms. The van der Waals surface area contributed by atoms with Gasteiger partial charge in [0.1, 0.15) is 5.54 Å². The number of aryl methyl sites for hydroxylation is 2. The Morgan fingerprint density at radius 2 is 1.80 bits per heavy atom. The van der Waals surface area contributed by atoms with E-state index in [4.69, 9.17) is 0 Å². The first-order valence-electron chi connectivity index (χ1n) is 8.75. The monoisotopic (exact) mass is 338 g/mol. The lowest BCUT2D eigenvalue weighted by Crippen LogP contribution is -2.44. The minimum atomic E-state index is -0.638. The van der Waals surface area contributed by atoms with Crippen molar-refractivity contribution in [1.82, 2.24) is 20.0 Å². The number of urea groups is 1. The van der Waals surface area contributed by atoms with Gasteiger partial charge in [-0.15, -0.1) is 0 Å². The summed E-state index contributed by atoms with van der Waals surface area (Å²) in [4.78, 5) is 26.3. The Kier molecular flexibility index (Phi) is 3.63. The largest absolute Gasteiger partial charge is 0.325 e. The third-order valence-electron chi connectivity index (χ3n) is 5.23. The fourth-order valence-corrected chi connectivity index (χ4v) is 3.95. The molecular formula is C19H22N4O2. The van der Waals surface area contributed by atoms with Crippen molar-refractivity contribution in [2.24, 2.45) is 0 Å². The molecule has 0 radical (unpaired) electrons. The Labute approximate surface area is 146 Å². The molecule has 3 amide bonds. The maximum atomic E-state index is 12.7. The lowest BCUT2D eigenvalue weighted by atomic mass is 9.98. The molecule has 1 aliphatic heterocycles. The van der Waals surface area contributed by atoms with Crippen LogP contribution in [0.4, 0.5) is 4.79 Å². The Hall–Kier alpha value is -2.63. The first kappa shape index (κ1) is 15.9. The molecule has 1 aromatic heterocycles. The summed E-state index contributed by atoms with van der Waals surface area (Å²) in [6.45, 7) is 4.29. The fraction of sp³-hybridized carbons (Fsp3) is 0.421. The van der Waals surface area contributed by atoms with E-state index >= 15 is 0 Å². The number of hydrogen-bond acceptors (Lipinski definition) is 3. The fourth-order valence-electron chi connectivity index (χ4n) is 3.95. The van der Waals surface area contributed by atoms with Crippen molar-refractivity contribution < 1.29 is 9.59 Å². The van der Waals surface area contributed by atoms with Crippen LogP contribution in [0.1, 0.15) is 42.6 Å². The van der Waals surface area contributed by atoms with Crippen molar-refractivity contribution in [3.05, 3.63) is 47.3 Å². The van der Waals surface area contributed by atoms with E-state index in [0.717, 1.165) is 48.3 Å². The normalized spacial score (nSPS) is 19.0. The number of carbonyl (C=O) groups excluding carboxylic acids is 2. The molecule has 1 aromatic carbocycles. The van der Waals surface area contributed by atoms with Crippen molar-refractivity contribution in [3.63, 3.8) is 0 Å². The topological polar surface area (TPSA) is 67.2 Å². The minimum Gasteiger partial charge on any atom is -0.323 e. The van der Waals surface area contributed by atoms with Crippen molar-refractivity contribution in [3.8, 4) is 5.69 Å². The average Bonchev–Trinajstić information content (AvgIpc) is 3.24. The molecule has 0 unspecified atom stereocenters. The van der Waals surface area contributed by atoms with Gasteiger partial charge in [-0.2, -0.15) is 5.10 Å². The molecule has 2 fully saturated rings. The van der Waals surface area contributed by atoms with Gasteiger partial charge in [0.05, 0.1) is 17.9 Å². The van der Waals surface area contributed by atoms with Crippen molar-refractivity contribution in [1.29, 1.82) is 0 Å². The molecule has 130 valence electrons. The number of hydrogen-bond donors (Lipinski definition) is 1. The molecule has 0 atom stereocenters. The highest BCUT2D eigenvalue weighted by Gasteiger charge is 2.52. The van der Waals surface area contributed by atoms with Gasteiger partial charge in [0.25, 0.3) is 5.91 Å². The van der Waals surface area contributed by atoms with E-state index in [0.29, 0.717) is 6.54 Å². The average molecular weight is 338 g/mol. The molecule has 1 saturated carbocycles. The van der Waals surface area contributed by atoms with Gasteiger partial charge in [-0.3, -0.25) is 9.69 Å². The zero-order valence-corrected chi connectivity index (χ0v) is 14.6. The van der Waals surface area contributed by atoms with Crippen LogP contribution in [0, 0.1) is 13.8 Å². The van der Waals surface area contributed by atoms with Gasteiger partial charge in [-0.05, 0) is 50.5 Å². The number of carbonyl (C=O) groups is 2. The van der Waals surface area contributed by atoms with Gasteiger partial charge in [0, 0.05) is 5.69 Å². The summed E-state index contributed by atoms with van der Waals surface area (Å²) >= 11 is 0. The number of nitrogens with one attached hydrogen (secondary N) is 1. The smallest absolute Gasteiger partial charge is 0.323 e. The lowest BCUT2D eigenvalue weighted by Gasteiger charge is -2.20. The molecule has 1 spiro atoms. The van der Waals surface area contributed by atoms with Crippen LogP contribution in [0.2, 0.25) is 0 Å². The van der Waals surface area contributed by atoms with Gasteiger partial charge in [0.2, 0.25) is 0 Å². The summed E-state index contributed by atoms with van der Waals surface area (Å²) in [5, 5.41) is 7.39. The molecular weight excluding hydrogens is 316 g/mol. The van der Waals surface area contributed by atoms with Crippen molar-refractivity contribution >= 4 is 11.9 Å². The highest BCUT2D eigenvalue weighted by molar-refractivity contribution is 6.07. The van der Waals surface area contributed by atoms with Gasteiger partial charge >= 0.3 is 6.03 Å². The number of nitrogens with zero attached hydrogens (tertiary/aromatic N) is 3. The summed E-state index contributed by atoms with van der Waals surface area (Å²) in [5.41, 5.74) is 3.31. The highest BCUT2D eigenvalue weighted by atomic mass is 16.2. The van der Waals surface area contributed by atoms with E-state index in [1.165, 1.54) is 4.90 Å². The Balaban J connectivity index is 1.53. The standard InChI is InChI=1S/C19H22N4O2/c1-13-11-14(2)23(21-13)16-7-5-15(6-8-16)12-22-17(24)19(20-18(22)25)9-3-4-10-19/h5-8,11H,3-4,9-10,12H2,1-2H3,(H,20,25). The van der Waals surface area contributed by atoms with E-state index in [1.807, 2.05) is 48.9 Å². The SMILES string of the molecule is Cc1cc(C)n(-c2ccc(CN3C(=O)NC4(CCCC4)C3=O)cc2)n1. The number of imide groups is 1. The van der Waals surface area contributed by atoms with Gasteiger partial charge in [-0.25, -0.2) is 9.48 Å². The van der Waals surface area contributed by atoms with Crippen LogP contribution in [0.5, 0.6) is 0 Å². The van der Waals surface area contributed by atoms with E-state index < -0.39 is 5.54 Å². The van der Waals surface area contributed by atoms with E-state index in [-0.39, 0.29) is 11.9 Å². The maximum absolute atomic E-state index is 12.7. The van der Waals surface area contributed by atoms with Crippen LogP contribution in [-0.4, -0.2) is 32.2 Å². The van der Waals surface area contributed by atoms with Crippen molar-refractivity contribution in [2.75, 3.05) is 0 Å². The van der Waals surface area contributed by atoms with Crippen LogP contribution in [0.3, 0.4) is 0 Å². The summed E-state index contributed by atoms with van der Waals surface area (Å²) in [7, 11) is 0. The van der Waals surface area contributed by atoms with Crippen LogP contribution in [0.25, 0.3) is 5.69 Å². The van der Waals surface area contributed by atoms with Crippen LogP contribution >= 0.6 is 0 Å². The minimum absolute atomic E-state index is 0.0716. The summed E-state index contributed by atoms with van der Waals surface area (Å²) in [5.74, 6) is -0.0716. The molecule has 2 aromatic rings. The second-order valence-electron chi connectivity index (χ2n) is 7.12. The molecule has 2 aliphatic rings. The quantitative estimate of drug-likeness (QED) is 0.875. The molecule has 4 rings (SSSR count). The molecule has 6 nitrogen and oxygen atoms in total. The summed E-state index contributed by atoms with van der Waals surface area (Å²) in [6.07, 6.45) is 3.50. The Bertz CT molecular complexity index is 832. The van der Waals surface area contributed by atoms with Gasteiger partial charge in [0.15, 0.2) is 0 Å². The number of benzene rings is 1. The molecule has 1 saturated heterocycles. The predicted molar refractivity (Wildman–Crippen MR) is 93.3 cm³/mol. The third kappa shape index (κ3) is 2.62. The number of aromatic nitrogens is 2. The first-order valence-corrected chi connectivity index (χ1v) is 8.75. The predicted octanol–water partition coefficient (Wildman–Crippen LogP) is 2.85. The molecule has 2 heterocycles. The van der Waals surface area contributed by atoms with Gasteiger partial charge < -0.3 is 5.32 Å². The van der Waals surface area contributed by atoms with E-state index in [1.54, 1.807) is 0 Å². The molecule has 0 bridgehead atoms. The van der Waals surface area contributed by atoms with E-state index in [2.05, 4.69) is 10.4 Å². The van der Waals surface area contributed by atoms with Crippen molar-refractivity contribution in [2.45, 2.75) is 51.6 Å². The molecule has 1 aliphatic carbocycles. The summed E-state index contributed by atoms with van der Waals surface area (Å²) < 4.78 is 1.89. The van der Waals surface area contributed by atoms with Gasteiger partial charge in [-0.1, -0.05) is 25.0 Å². The zero-order valence-electron chi connectivity index (χ0n) is 14.6. The molecule has 1 N–H and O–H groups in total. The maximum Gasteiger partial charge on any atom is 0.325 e.